The smallest absolute Gasteiger partial charge is 0.128 e. The summed E-state index contributed by atoms with van der Waals surface area (Å²) in [6.07, 6.45) is 2.85. The van der Waals surface area contributed by atoms with Crippen molar-refractivity contribution in [3.63, 3.8) is 0 Å². The highest BCUT2D eigenvalue weighted by molar-refractivity contribution is 5.40. The fourth-order valence-electron chi connectivity index (χ4n) is 1.95. The van der Waals surface area contributed by atoms with E-state index in [0.717, 1.165) is 42.1 Å². The Morgan fingerprint density at radius 1 is 1.32 bits per heavy atom. The van der Waals surface area contributed by atoms with Gasteiger partial charge < -0.3 is 14.8 Å². The zero-order valence-corrected chi connectivity index (χ0v) is 12.7. The molecule has 0 atom stereocenters. The molecule has 0 fully saturated rings. The van der Waals surface area contributed by atoms with Crippen LogP contribution in [0.1, 0.15) is 37.1 Å². The predicted molar refractivity (Wildman–Crippen MR) is 77.7 cm³/mol. The number of hydrogen-bond acceptors (Lipinski definition) is 4. The van der Waals surface area contributed by atoms with E-state index in [1.54, 1.807) is 7.11 Å². The SMILES string of the molecule is COc1c(C)cnc(COCCCNC(C)C)c1C. The molecular weight excluding hydrogens is 240 g/mol. The summed E-state index contributed by atoms with van der Waals surface area (Å²) in [5.41, 5.74) is 3.09. The summed E-state index contributed by atoms with van der Waals surface area (Å²) in [4.78, 5) is 4.41. The molecule has 0 saturated heterocycles. The molecule has 0 aromatic carbocycles. The monoisotopic (exact) mass is 266 g/mol. The second kappa shape index (κ2) is 8.12. The Kier molecular flexibility index (Phi) is 6.81. The van der Waals surface area contributed by atoms with E-state index in [-0.39, 0.29) is 0 Å². The standard InChI is InChI=1S/C15H26N2O2/c1-11(2)16-7-6-8-19-10-14-13(4)15(18-5)12(3)9-17-14/h9,11,16H,6-8,10H2,1-5H3. The maximum Gasteiger partial charge on any atom is 0.128 e. The largest absolute Gasteiger partial charge is 0.496 e. The first kappa shape index (κ1) is 15.9. The second-order valence-corrected chi connectivity index (χ2v) is 5.06. The van der Waals surface area contributed by atoms with Gasteiger partial charge in [-0.25, -0.2) is 0 Å². The summed E-state index contributed by atoms with van der Waals surface area (Å²) in [5.74, 6) is 0.912. The van der Waals surface area contributed by atoms with Gasteiger partial charge in [-0.3, -0.25) is 4.98 Å². The molecule has 1 aromatic heterocycles. The van der Waals surface area contributed by atoms with Crippen molar-refractivity contribution in [1.29, 1.82) is 0 Å². The van der Waals surface area contributed by atoms with E-state index in [9.17, 15) is 0 Å². The fourth-order valence-corrected chi connectivity index (χ4v) is 1.95. The van der Waals surface area contributed by atoms with Crippen LogP contribution in [0.25, 0.3) is 0 Å². The highest BCUT2D eigenvalue weighted by Crippen LogP contribution is 2.24. The molecular formula is C15H26N2O2. The molecule has 0 unspecified atom stereocenters. The summed E-state index contributed by atoms with van der Waals surface area (Å²) in [5, 5.41) is 3.37. The lowest BCUT2D eigenvalue weighted by Crippen LogP contribution is -2.24. The van der Waals surface area contributed by atoms with Gasteiger partial charge in [-0.1, -0.05) is 13.8 Å². The van der Waals surface area contributed by atoms with Crippen LogP contribution in [0, 0.1) is 13.8 Å². The van der Waals surface area contributed by atoms with Crippen molar-refractivity contribution in [3.8, 4) is 5.75 Å². The molecule has 1 N–H and O–H groups in total. The van der Waals surface area contributed by atoms with Crippen LogP contribution in [0.15, 0.2) is 6.20 Å². The van der Waals surface area contributed by atoms with Gasteiger partial charge in [0, 0.05) is 30.0 Å². The van der Waals surface area contributed by atoms with Gasteiger partial charge in [-0.05, 0) is 26.8 Å². The summed E-state index contributed by atoms with van der Waals surface area (Å²) in [6.45, 7) is 10.6. The minimum Gasteiger partial charge on any atom is -0.496 e. The highest BCUT2D eigenvalue weighted by atomic mass is 16.5. The minimum atomic E-state index is 0.533. The Morgan fingerprint density at radius 3 is 2.68 bits per heavy atom. The normalized spacial score (nSPS) is 11.1. The third-order valence-electron chi connectivity index (χ3n) is 3.01. The molecule has 0 aliphatic rings. The van der Waals surface area contributed by atoms with Crippen molar-refractivity contribution in [2.75, 3.05) is 20.3 Å². The van der Waals surface area contributed by atoms with Crippen molar-refractivity contribution < 1.29 is 9.47 Å². The number of pyridine rings is 1. The topological polar surface area (TPSA) is 43.4 Å². The molecule has 0 amide bonds. The Labute approximate surface area is 116 Å². The van der Waals surface area contributed by atoms with E-state index < -0.39 is 0 Å². The van der Waals surface area contributed by atoms with Gasteiger partial charge in [0.1, 0.15) is 5.75 Å². The van der Waals surface area contributed by atoms with Crippen LogP contribution in [0.5, 0.6) is 5.75 Å². The molecule has 1 aromatic rings. The van der Waals surface area contributed by atoms with Crippen molar-refractivity contribution in [2.45, 2.75) is 46.8 Å². The predicted octanol–water partition coefficient (Wildman–Crippen LogP) is 2.61. The van der Waals surface area contributed by atoms with Gasteiger partial charge in [-0.15, -0.1) is 0 Å². The lowest BCUT2D eigenvalue weighted by molar-refractivity contribution is 0.115. The average molecular weight is 266 g/mol. The highest BCUT2D eigenvalue weighted by Gasteiger charge is 2.09. The molecule has 0 bridgehead atoms. The quantitative estimate of drug-likeness (QED) is 0.735. The van der Waals surface area contributed by atoms with E-state index in [4.69, 9.17) is 9.47 Å². The molecule has 1 rings (SSSR count). The number of ether oxygens (including phenoxy) is 2. The number of aryl methyl sites for hydroxylation is 1. The zero-order valence-electron chi connectivity index (χ0n) is 12.7. The number of methoxy groups -OCH3 is 1. The van der Waals surface area contributed by atoms with Crippen LogP contribution < -0.4 is 10.1 Å². The van der Waals surface area contributed by atoms with Crippen LogP contribution in [0.2, 0.25) is 0 Å². The molecule has 19 heavy (non-hydrogen) atoms. The maximum absolute atomic E-state index is 5.66. The van der Waals surface area contributed by atoms with Crippen LogP contribution >= 0.6 is 0 Å². The number of nitrogens with zero attached hydrogens (tertiary/aromatic N) is 1. The fraction of sp³-hybridized carbons (Fsp3) is 0.667. The van der Waals surface area contributed by atoms with Gasteiger partial charge in [-0.2, -0.15) is 0 Å². The summed E-state index contributed by atoms with van der Waals surface area (Å²) in [6, 6.07) is 0.533. The first-order valence-electron chi connectivity index (χ1n) is 6.86. The van der Waals surface area contributed by atoms with Crippen molar-refractivity contribution >= 4 is 0 Å². The Hall–Kier alpha value is -1.13. The first-order chi connectivity index (χ1) is 9.06. The number of hydrogen-bond donors (Lipinski definition) is 1. The van der Waals surface area contributed by atoms with Gasteiger partial charge >= 0.3 is 0 Å². The third-order valence-corrected chi connectivity index (χ3v) is 3.01. The van der Waals surface area contributed by atoms with E-state index in [2.05, 4.69) is 24.1 Å². The summed E-state index contributed by atoms with van der Waals surface area (Å²) >= 11 is 0. The van der Waals surface area contributed by atoms with Gasteiger partial charge in [0.2, 0.25) is 0 Å². The molecule has 0 aliphatic carbocycles. The minimum absolute atomic E-state index is 0.533. The Balaban J connectivity index is 2.38. The van der Waals surface area contributed by atoms with Crippen molar-refractivity contribution in [2.24, 2.45) is 0 Å². The Morgan fingerprint density at radius 2 is 2.05 bits per heavy atom. The van der Waals surface area contributed by atoms with Crippen LogP contribution in [0.4, 0.5) is 0 Å². The van der Waals surface area contributed by atoms with Crippen molar-refractivity contribution in [1.82, 2.24) is 10.3 Å². The maximum atomic E-state index is 5.66. The van der Waals surface area contributed by atoms with Crippen LogP contribution in [-0.2, 0) is 11.3 Å². The molecule has 4 nitrogen and oxygen atoms in total. The molecule has 4 heteroatoms. The molecule has 0 spiro atoms. The van der Waals surface area contributed by atoms with E-state index in [0.29, 0.717) is 12.6 Å². The molecule has 0 aliphatic heterocycles. The van der Waals surface area contributed by atoms with Crippen molar-refractivity contribution in [3.05, 3.63) is 23.0 Å². The first-order valence-corrected chi connectivity index (χ1v) is 6.86. The third kappa shape index (κ3) is 5.17. The van der Waals surface area contributed by atoms with Gasteiger partial charge in [0.25, 0.3) is 0 Å². The van der Waals surface area contributed by atoms with E-state index >= 15 is 0 Å². The lowest BCUT2D eigenvalue weighted by Gasteiger charge is -2.12. The summed E-state index contributed by atoms with van der Waals surface area (Å²) in [7, 11) is 1.69. The molecule has 1 heterocycles. The van der Waals surface area contributed by atoms with Crippen LogP contribution in [-0.4, -0.2) is 31.3 Å². The average Bonchev–Trinajstić information content (AvgIpc) is 2.36. The van der Waals surface area contributed by atoms with E-state index in [1.165, 1.54) is 0 Å². The van der Waals surface area contributed by atoms with Crippen LogP contribution in [0.3, 0.4) is 0 Å². The zero-order chi connectivity index (χ0) is 14.3. The molecule has 0 saturated carbocycles. The number of aromatic nitrogens is 1. The van der Waals surface area contributed by atoms with Gasteiger partial charge in [0.15, 0.2) is 0 Å². The van der Waals surface area contributed by atoms with E-state index in [1.807, 2.05) is 20.0 Å². The Bertz CT molecular complexity index is 392. The molecule has 0 radical (unpaired) electrons. The van der Waals surface area contributed by atoms with Gasteiger partial charge in [0.05, 0.1) is 19.4 Å². The second-order valence-electron chi connectivity index (χ2n) is 5.06. The molecule has 108 valence electrons. The number of nitrogens with one attached hydrogen (secondary N) is 1. The number of rotatable bonds is 8. The lowest BCUT2D eigenvalue weighted by atomic mass is 10.1. The summed E-state index contributed by atoms with van der Waals surface area (Å²) < 4.78 is 11.0.